The molecule has 1 atom stereocenters. The van der Waals surface area contributed by atoms with Crippen molar-refractivity contribution in [2.75, 3.05) is 32.6 Å². The lowest BCUT2D eigenvalue weighted by Crippen LogP contribution is -2.61. The molecule has 5 heteroatoms. The van der Waals surface area contributed by atoms with Gasteiger partial charge in [-0.2, -0.15) is 11.8 Å². The molecular formula is C12H24N2O2S. The van der Waals surface area contributed by atoms with Crippen LogP contribution >= 0.6 is 11.8 Å². The van der Waals surface area contributed by atoms with E-state index in [9.17, 15) is 9.90 Å². The SMILES string of the molecule is CSCC(C)(O)CNC(=O)C1(N(C)C)CCC1. The Morgan fingerprint density at radius 3 is 2.47 bits per heavy atom. The normalized spacial score (nSPS) is 21.8. The van der Waals surface area contributed by atoms with Crippen molar-refractivity contribution in [1.29, 1.82) is 0 Å². The number of carbonyl (C=O) groups is 1. The third kappa shape index (κ3) is 3.36. The van der Waals surface area contributed by atoms with E-state index in [1.165, 1.54) is 0 Å². The molecular weight excluding hydrogens is 236 g/mol. The minimum Gasteiger partial charge on any atom is -0.387 e. The zero-order valence-corrected chi connectivity index (χ0v) is 12.1. The molecule has 1 saturated carbocycles. The number of nitrogens with one attached hydrogen (secondary N) is 1. The van der Waals surface area contributed by atoms with Crippen LogP contribution in [-0.2, 0) is 4.79 Å². The number of hydrogen-bond acceptors (Lipinski definition) is 4. The zero-order valence-electron chi connectivity index (χ0n) is 11.2. The highest BCUT2D eigenvalue weighted by Gasteiger charge is 2.46. The lowest BCUT2D eigenvalue weighted by Gasteiger charge is -2.45. The highest BCUT2D eigenvalue weighted by Crippen LogP contribution is 2.36. The molecule has 1 amide bonds. The molecule has 1 fully saturated rings. The van der Waals surface area contributed by atoms with E-state index in [1.807, 2.05) is 25.3 Å². The fourth-order valence-electron chi connectivity index (χ4n) is 2.19. The molecule has 0 bridgehead atoms. The van der Waals surface area contributed by atoms with Crippen LogP contribution in [0.25, 0.3) is 0 Å². The van der Waals surface area contributed by atoms with Gasteiger partial charge in [-0.3, -0.25) is 9.69 Å². The van der Waals surface area contributed by atoms with Crippen LogP contribution < -0.4 is 5.32 Å². The van der Waals surface area contributed by atoms with E-state index in [0.717, 1.165) is 19.3 Å². The predicted molar refractivity (Wildman–Crippen MR) is 72.3 cm³/mol. The third-order valence-electron chi connectivity index (χ3n) is 3.54. The largest absolute Gasteiger partial charge is 0.387 e. The first-order chi connectivity index (χ1) is 7.84. The zero-order chi connectivity index (χ0) is 13.1. The highest BCUT2D eigenvalue weighted by molar-refractivity contribution is 7.98. The summed E-state index contributed by atoms with van der Waals surface area (Å²) in [7, 11) is 3.89. The van der Waals surface area contributed by atoms with Crippen molar-refractivity contribution < 1.29 is 9.90 Å². The van der Waals surface area contributed by atoms with Crippen LogP contribution in [0.3, 0.4) is 0 Å². The van der Waals surface area contributed by atoms with E-state index in [4.69, 9.17) is 0 Å². The van der Waals surface area contributed by atoms with Crippen molar-refractivity contribution in [3.8, 4) is 0 Å². The van der Waals surface area contributed by atoms with E-state index in [0.29, 0.717) is 12.3 Å². The molecule has 17 heavy (non-hydrogen) atoms. The summed E-state index contributed by atoms with van der Waals surface area (Å²) in [6.45, 7) is 2.08. The Bertz CT molecular complexity index is 276. The topological polar surface area (TPSA) is 52.6 Å². The van der Waals surface area contributed by atoms with E-state index in [2.05, 4.69) is 5.32 Å². The molecule has 1 aliphatic rings. The van der Waals surface area contributed by atoms with E-state index in [-0.39, 0.29) is 11.4 Å². The van der Waals surface area contributed by atoms with Gasteiger partial charge in [-0.1, -0.05) is 0 Å². The average molecular weight is 260 g/mol. The summed E-state index contributed by atoms with van der Waals surface area (Å²) >= 11 is 1.58. The van der Waals surface area contributed by atoms with Crippen LogP contribution in [0.2, 0.25) is 0 Å². The van der Waals surface area contributed by atoms with Crippen molar-refractivity contribution in [2.24, 2.45) is 0 Å². The van der Waals surface area contributed by atoms with Gasteiger partial charge in [-0.15, -0.1) is 0 Å². The molecule has 1 aliphatic carbocycles. The van der Waals surface area contributed by atoms with Crippen molar-refractivity contribution >= 4 is 17.7 Å². The van der Waals surface area contributed by atoms with Gasteiger partial charge < -0.3 is 10.4 Å². The van der Waals surface area contributed by atoms with Crippen LogP contribution in [0.5, 0.6) is 0 Å². The van der Waals surface area contributed by atoms with Gasteiger partial charge in [0.25, 0.3) is 0 Å². The Morgan fingerprint density at radius 1 is 1.53 bits per heavy atom. The number of rotatable bonds is 6. The number of carbonyl (C=O) groups excluding carboxylic acids is 1. The maximum absolute atomic E-state index is 12.2. The van der Waals surface area contributed by atoms with Crippen molar-refractivity contribution in [3.05, 3.63) is 0 Å². The van der Waals surface area contributed by atoms with Crippen LogP contribution in [0.15, 0.2) is 0 Å². The summed E-state index contributed by atoms with van der Waals surface area (Å²) in [5.74, 6) is 0.678. The first kappa shape index (κ1) is 14.8. The first-order valence-corrected chi connectivity index (χ1v) is 7.40. The Morgan fingerprint density at radius 2 is 2.12 bits per heavy atom. The van der Waals surface area contributed by atoms with Gasteiger partial charge in [-0.25, -0.2) is 0 Å². The Labute approximate surface area is 108 Å². The smallest absolute Gasteiger partial charge is 0.240 e. The summed E-state index contributed by atoms with van der Waals surface area (Å²) in [4.78, 5) is 14.2. The van der Waals surface area contributed by atoms with Gasteiger partial charge in [-0.05, 0) is 46.5 Å². The Balaban J connectivity index is 2.49. The maximum atomic E-state index is 12.2. The van der Waals surface area contributed by atoms with E-state index >= 15 is 0 Å². The molecule has 1 rings (SSSR count). The molecule has 0 aromatic rings. The second kappa shape index (κ2) is 5.59. The fraction of sp³-hybridized carbons (Fsp3) is 0.917. The second-order valence-electron chi connectivity index (χ2n) is 5.39. The molecule has 1 unspecified atom stereocenters. The standard InChI is InChI=1S/C12H24N2O2S/c1-11(16,9-17-4)8-13-10(15)12(14(2)3)6-5-7-12/h16H,5-9H2,1-4H3,(H,13,15). The van der Waals surface area contributed by atoms with Gasteiger partial charge in [0.15, 0.2) is 0 Å². The number of nitrogens with zero attached hydrogens (tertiary/aromatic N) is 1. The van der Waals surface area contributed by atoms with Gasteiger partial charge >= 0.3 is 0 Å². The van der Waals surface area contributed by atoms with Gasteiger partial charge in [0, 0.05) is 12.3 Å². The van der Waals surface area contributed by atoms with Gasteiger partial charge in [0.1, 0.15) is 0 Å². The molecule has 0 radical (unpaired) electrons. The molecule has 0 heterocycles. The van der Waals surface area contributed by atoms with Crippen molar-refractivity contribution in [3.63, 3.8) is 0 Å². The summed E-state index contributed by atoms with van der Waals surface area (Å²) in [6, 6.07) is 0. The minimum absolute atomic E-state index is 0.0510. The van der Waals surface area contributed by atoms with Crippen LogP contribution in [-0.4, -0.2) is 59.7 Å². The quantitative estimate of drug-likeness (QED) is 0.738. The molecule has 0 saturated heterocycles. The summed E-state index contributed by atoms with van der Waals surface area (Å²) in [5, 5.41) is 12.9. The van der Waals surface area contributed by atoms with Crippen LogP contribution in [0.4, 0.5) is 0 Å². The third-order valence-corrected chi connectivity index (χ3v) is 4.46. The fourth-order valence-corrected chi connectivity index (χ4v) is 2.91. The number of hydrogen-bond donors (Lipinski definition) is 2. The van der Waals surface area contributed by atoms with Gasteiger partial charge in [0.05, 0.1) is 11.1 Å². The molecule has 100 valence electrons. The van der Waals surface area contributed by atoms with E-state index < -0.39 is 5.60 Å². The van der Waals surface area contributed by atoms with Crippen molar-refractivity contribution in [2.45, 2.75) is 37.3 Å². The number of likely N-dealkylation sites (N-methyl/N-ethyl adjacent to an activating group) is 1. The lowest BCUT2D eigenvalue weighted by atomic mass is 9.75. The molecule has 0 aliphatic heterocycles. The van der Waals surface area contributed by atoms with Gasteiger partial charge in [0.2, 0.25) is 5.91 Å². The second-order valence-corrected chi connectivity index (χ2v) is 6.26. The molecule has 2 N–H and O–H groups in total. The van der Waals surface area contributed by atoms with Crippen molar-refractivity contribution in [1.82, 2.24) is 10.2 Å². The lowest BCUT2D eigenvalue weighted by molar-refractivity contribution is -0.138. The predicted octanol–water partition coefficient (Wildman–Crippen LogP) is 0.701. The highest BCUT2D eigenvalue weighted by atomic mass is 32.2. The average Bonchev–Trinajstić information content (AvgIpc) is 2.12. The summed E-state index contributed by atoms with van der Waals surface area (Å²) in [6.07, 6.45) is 4.88. The van der Waals surface area contributed by atoms with E-state index in [1.54, 1.807) is 18.7 Å². The van der Waals surface area contributed by atoms with Crippen LogP contribution in [0.1, 0.15) is 26.2 Å². The molecule has 0 spiro atoms. The van der Waals surface area contributed by atoms with Crippen LogP contribution in [0, 0.1) is 0 Å². The Kier molecular flexibility index (Phi) is 4.86. The number of thioether (sulfide) groups is 1. The minimum atomic E-state index is -0.827. The first-order valence-electron chi connectivity index (χ1n) is 6.01. The maximum Gasteiger partial charge on any atom is 0.240 e. The summed E-state index contributed by atoms with van der Waals surface area (Å²) < 4.78 is 0. The molecule has 0 aromatic heterocycles. The number of amides is 1. The number of aliphatic hydroxyl groups is 1. The monoisotopic (exact) mass is 260 g/mol. The molecule has 4 nitrogen and oxygen atoms in total. The Hall–Kier alpha value is -0.260. The molecule has 0 aromatic carbocycles. The summed E-state index contributed by atoms with van der Waals surface area (Å²) in [5.41, 5.74) is -1.16.